The fraction of sp³-hybridized carbons (Fsp3) is 0.409. The van der Waals surface area contributed by atoms with E-state index in [0.717, 1.165) is 10.6 Å². The molecule has 3 heterocycles. The van der Waals surface area contributed by atoms with Gasteiger partial charge in [0, 0.05) is 26.7 Å². The van der Waals surface area contributed by atoms with Gasteiger partial charge in [0.05, 0.1) is 25.0 Å². The summed E-state index contributed by atoms with van der Waals surface area (Å²) in [6.07, 6.45) is 0.922. The molecule has 1 amide bonds. The van der Waals surface area contributed by atoms with E-state index < -0.39 is 23.2 Å². The Morgan fingerprint density at radius 1 is 1.24 bits per heavy atom. The Hall–Kier alpha value is -3.80. The Balaban J connectivity index is 1.42. The zero-order valence-corrected chi connectivity index (χ0v) is 19.0. The van der Waals surface area contributed by atoms with Crippen LogP contribution < -0.4 is 16.0 Å². The van der Waals surface area contributed by atoms with Gasteiger partial charge in [0.2, 0.25) is 5.91 Å². The van der Waals surface area contributed by atoms with Crippen molar-refractivity contribution in [2.45, 2.75) is 19.6 Å². The van der Waals surface area contributed by atoms with E-state index in [2.05, 4.69) is 4.98 Å². The lowest BCUT2D eigenvalue weighted by atomic mass is 10.1. The standard InChI is InChI=1S/C22H24FN5O6/c1-13(29)16-5-4-14(8-17(16)23)34-11-15-9-27(6-7-33-15)18(30)10-28-12-24-20-19(28)21(31)26(3)22(32)25(20)2/h4-5,8,12,15H,6-7,9-11H2,1-3H3. The molecule has 1 aliphatic heterocycles. The molecule has 1 saturated heterocycles. The Morgan fingerprint density at radius 3 is 2.71 bits per heavy atom. The lowest BCUT2D eigenvalue weighted by molar-refractivity contribution is -0.140. The molecular weight excluding hydrogens is 449 g/mol. The third-order valence-electron chi connectivity index (χ3n) is 5.77. The van der Waals surface area contributed by atoms with Gasteiger partial charge >= 0.3 is 5.69 Å². The maximum Gasteiger partial charge on any atom is 0.332 e. The topological polar surface area (TPSA) is 118 Å². The van der Waals surface area contributed by atoms with Crippen LogP contribution in [0.15, 0.2) is 34.1 Å². The molecule has 34 heavy (non-hydrogen) atoms. The number of amides is 1. The van der Waals surface area contributed by atoms with Crippen LogP contribution in [0.3, 0.4) is 0 Å². The van der Waals surface area contributed by atoms with Crippen molar-refractivity contribution in [1.29, 1.82) is 0 Å². The van der Waals surface area contributed by atoms with Gasteiger partial charge in [0.25, 0.3) is 5.56 Å². The summed E-state index contributed by atoms with van der Waals surface area (Å²) >= 11 is 0. The molecule has 11 nitrogen and oxygen atoms in total. The number of fused-ring (bicyclic) bond motifs is 1. The minimum Gasteiger partial charge on any atom is -0.491 e. The summed E-state index contributed by atoms with van der Waals surface area (Å²) in [7, 11) is 2.88. The van der Waals surface area contributed by atoms with Gasteiger partial charge in [-0.2, -0.15) is 0 Å². The van der Waals surface area contributed by atoms with Crippen molar-refractivity contribution < 1.29 is 23.5 Å². The zero-order chi connectivity index (χ0) is 24.6. The molecule has 1 fully saturated rings. The van der Waals surface area contributed by atoms with E-state index in [-0.39, 0.29) is 53.9 Å². The Morgan fingerprint density at radius 2 is 2.00 bits per heavy atom. The molecule has 0 bridgehead atoms. The van der Waals surface area contributed by atoms with Crippen LogP contribution in [-0.4, -0.2) is 67.7 Å². The molecule has 4 rings (SSSR count). The summed E-state index contributed by atoms with van der Waals surface area (Å²) in [4.78, 5) is 54.7. The number of morpholine rings is 1. The first kappa shape index (κ1) is 23.4. The summed E-state index contributed by atoms with van der Waals surface area (Å²) in [5, 5.41) is 0. The molecule has 0 radical (unpaired) electrons. The van der Waals surface area contributed by atoms with Gasteiger partial charge in [-0.25, -0.2) is 14.2 Å². The molecule has 0 spiro atoms. The second-order valence-corrected chi connectivity index (χ2v) is 8.09. The van der Waals surface area contributed by atoms with Crippen LogP contribution in [0.25, 0.3) is 11.2 Å². The first-order valence-corrected chi connectivity index (χ1v) is 10.6. The van der Waals surface area contributed by atoms with Crippen molar-refractivity contribution >= 4 is 22.9 Å². The quantitative estimate of drug-likeness (QED) is 0.466. The van der Waals surface area contributed by atoms with Gasteiger partial charge in [0.15, 0.2) is 16.9 Å². The summed E-state index contributed by atoms with van der Waals surface area (Å²) in [5.74, 6) is -1.04. The van der Waals surface area contributed by atoms with E-state index in [0.29, 0.717) is 13.2 Å². The Bertz CT molecular complexity index is 1390. The Labute approximate surface area is 192 Å². The van der Waals surface area contributed by atoms with Crippen LogP contribution in [0.1, 0.15) is 17.3 Å². The highest BCUT2D eigenvalue weighted by molar-refractivity contribution is 5.94. The number of Topliss-reactive ketones (excluding diaryl/α,β-unsaturated/α-hetero) is 1. The minimum absolute atomic E-state index is 0.0139. The predicted octanol–water partition coefficient (Wildman–Crippen LogP) is 0.0818. The predicted molar refractivity (Wildman–Crippen MR) is 118 cm³/mol. The number of rotatable bonds is 6. The average molecular weight is 473 g/mol. The Kier molecular flexibility index (Phi) is 6.33. The number of ketones is 1. The third-order valence-corrected chi connectivity index (χ3v) is 5.77. The molecule has 0 saturated carbocycles. The fourth-order valence-electron chi connectivity index (χ4n) is 3.87. The molecule has 0 N–H and O–H groups in total. The van der Waals surface area contributed by atoms with E-state index in [1.54, 1.807) is 4.90 Å². The fourth-order valence-corrected chi connectivity index (χ4v) is 3.87. The highest BCUT2D eigenvalue weighted by atomic mass is 19.1. The van der Waals surface area contributed by atoms with Crippen LogP contribution in [0.2, 0.25) is 0 Å². The zero-order valence-electron chi connectivity index (χ0n) is 19.0. The maximum atomic E-state index is 14.0. The molecule has 1 aliphatic rings. The molecule has 180 valence electrons. The largest absolute Gasteiger partial charge is 0.491 e. The lowest BCUT2D eigenvalue weighted by Crippen LogP contribution is -2.48. The van der Waals surface area contributed by atoms with E-state index in [9.17, 15) is 23.6 Å². The smallest absolute Gasteiger partial charge is 0.332 e. The maximum absolute atomic E-state index is 14.0. The van der Waals surface area contributed by atoms with E-state index >= 15 is 0 Å². The van der Waals surface area contributed by atoms with Crippen LogP contribution in [-0.2, 0) is 30.2 Å². The van der Waals surface area contributed by atoms with Gasteiger partial charge in [-0.3, -0.25) is 23.5 Å². The molecule has 3 aromatic rings. The van der Waals surface area contributed by atoms with E-state index in [1.165, 1.54) is 48.6 Å². The second kappa shape index (κ2) is 9.21. The van der Waals surface area contributed by atoms with Crippen molar-refractivity contribution in [2.75, 3.05) is 26.3 Å². The number of aryl methyl sites for hydroxylation is 1. The van der Waals surface area contributed by atoms with Gasteiger partial charge in [-0.15, -0.1) is 0 Å². The molecular formula is C22H24FN5O6. The first-order valence-electron chi connectivity index (χ1n) is 10.6. The normalized spacial score (nSPS) is 16.1. The number of hydrogen-bond donors (Lipinski definition) is 0. The van der Waals surface area contributed by atoms with Crippen molar-refractivity contribution in [3.05, 3.63) is 56.7 Å². The SMILES string of the molecule is CC(=O)c1ccc(OCC2CN(C(=O)Cn3cnc4c3c(=O)n(C)c(=O)n4C)CCO2)cc1F. The van der Waals surface area contributed by atoms with Crippen molar-refractivity contribution in [2.24, 2.45) is 14.1 Å². The number of ether oxygens (including phenoxy) is 2. The van der Waals surface area contributed by atoms with Crippen LogP contribution in [0.4, 0.5) is 4.39 Å². The van der Waals surface area contributed by atoms with E-state index in [1.807, 2.05) is 0 Å². The van der Waals surface area contributed by atoms with Gasteiger partial charge in [-0.05, 0) is 19.1 Å². The van der Waals surface area contributed by atoms with Gasteiger partial charge in [-0.1, -0.05) is 0 Å². The van der Waals surface area contributed by atoms with Crippen molar-refractivity contribution in [3.8, 4) is 5.75 Å². The minimum atomic E-state index is -0.664. The number of aromatic nitrogens is 4. The number of hydrogen-bond acceptors (Lipinski definition) is 7. The summed E-state index contributed by atoms with van der Waals surface area (Å²) < 4.78 is 28.9. The number of imidazole rings is 1. The van der Waals surface area contributed by atoms with Crippen molar-refractivity contribution in [3.63, 3.8) is 0 Å². The monoisotopic (exact) mass is 473 g/mol. The summed E-state index contributed by atoms with van der Waals surface area (Å²) in [6, 6.07) is 4.00. The number of halogens is 1. The molecule has 0 aliphatic carbocycles. The second-order valence-electron chi connectivity index (χ2n) is 8.09. The average Bonchev–Trinajstić information content (AvgIpc) is 3.23. The van der Waals surface area contributed by atoms with E-state index in [4.69, 9.17) is 9.47 Å². The number of benzene rings is 1. The highest BCUT2D eigenvalue weighted by Gasteiger charge is 2.26. The van der Waals surface area contributed by atoms with Crippen LogP contribution in [0, 0.1) is 5.82 Å². The number of carbonyl (C=O) groups is 2. The van der Waals surface area contributed by atoms with Gasteiger partial charge in [0.1, 0.15) is 30.8 Å². The lowest BCUT2D eigenvalue weighted by Gasteiger charge is -2.33. The molecule has 12 heteroatoms. The van der Waals surface area contributed by atoms with Gasteiger partial charge < -0.3 is 18.9 Å². The molecule has 1 aromatic carbocycles. The number of nitrogens with zero attached hydrogens (tertiary/aromatic N) is 5. The van der Waals surface area contributed by atoms with Crippen molar-refractivity contribution in [1.82, 2.24) is 23.6 Å². The molecule has 1 atom stereocenters. The highest BCUT2D eigenvalue weighted by Crippen LogP contribution is 2.18. The van der Waals surface area contributed by atoms with Crippen LogP contribution >= 0.6 is 0 Å². The first-order chi connectivity index (χ1) is 16.2. The summed E-state index contributed by atoms with van der Waals surface area (Å²) in [5.41, 5.74) is -0.667. The third kappa shape index (κ3) is 4.36. The molecule has 2 aromatic heterocycles. The van der Waals surface area contributed by atoms with Crippen LogP contribution in [0.5, 0.6) is 5.75 Å². The summed E-state index contributed by atoms with van der Waals surface area (Å²) in [6.45, 7) is 2.13. The molecule has 1 unspecified atom stereocenters. The number of carbonyl (C=O) groups excluding carboxylic acids is 2.